The minimum atomic E-state index is -0.605. The molecular formula is C17H17NO4. The highest BCUT2D eigenvalue weighted by molar-refractivity contribution is 5.94. The van der Waals surface area contributed by atoms with Gasteiger partial charge in [0.1, 0.15) is 5.76 Å². The molecule has 1 N–H and O–H groups in total. The van der Waals surface area contributed by atoms with Gasteiger partial charge in [-0.3, -0.25) is 4.79 Å². The minimum Gasteiger partial charge on any atom is -0.465 e. The molecule has 0 saturated heterocycles. The van der Waals surface area contributed by atoms with E-state index in [9.17, 15) is 9.59 Å². The van der Waals surface area contributed by atoms with Crippen LogP contribution in [-0.4, -0.2) is 18.5 Å². The summed E-state index contributed by atoms with van der Waals surface area (Å²) in [6.45, 7) is 3.62. The Morgan fingerprint density at radius 2 is 2.05 bits per heavy atom. The van der Waals surface area contributed by atoms with Crippen LogP contribution in [0.3, 0.4) is 0 Å². The van der Waals surface area contributed by atoms with Gasteiger partial charge in [0.15, 0.2) is 6.61 Å². The van der Waals surface area contributed by atoms with Crippen LogP contribution in [0.1, 0.15) is 16.9 Å². The van der Waals surface area contributed by atoms with E-state index in [4.69, 9.17) is 9.15 Å². The quantitative estimate of drug-likeness (QED) is 0.680. The number of hydrogen-bond acceptors (Lipinski definition) is 4. The van der Waals surface area contributed by atoms with Crippen LogP contribution in [0.4, 0.5) is 5.69 Å². The molecular weight excluding hydrogens is 282 g/mol. The highest BCUT2D eigenvalue weighted by Gasteiger charge is 2.06. The Morgan fingerprint density at radius 1 is 1.23 bits per heavy atom. The molecule has 0 aliphatic rings. The van der Waals surface area contributed by atoms with Crippen molar-refractivity contribution in [2.75, 3.05) is 11.9 Å². The van der Waals surface area contributed by atoms with Crippen LogP contribution in [0, 0.1) is 13.8 Å². The average Bonchev–Trinajstić information content (AvgIpc) is 3.00. The number of amides is 1. The van der Waals surface area contributed by atoms with Crippen LogP contribution >= 0.6 is 0 Å². The van der Waals surface area contributed by atoms with Crippen molar-refractivity contribution in [3.63, 3.8) is 0 Å². The van der Waals surface area contributed by atoms with Crippen molar-refractivity contribution >= 4 is 23.6 Å². The first-order valence-electron chi connectivity index (χ1n) is 6.80. The van der Waals surface area contributed by atoms with Crippen molar-refractivity contribution in [2.45, 2.75) is 13.8 Å². The first-order valence-corrected chi connectivity index (χ1v) is 6.80. The predicted octanol–water partition coefficient (Wildman–Crippen LogP) is 3.09. The third kappa shape index (κ3) is 4.63. The van der Waals surface area contributed by atoms with Crippen molar-refractivity contribution in [1.82, 2.24) is 0 Å². The van der Waals surface area contributed by atoms with Gasteiger partial charge in [-0.25, -0.2) is 4.79 Å². The molecule has 1 aromatic heterocycles. The van der Waals surface area contributed by atoms with Crippen LogP contribution in [-0.2, 0) is 14.3 Å². The Bertz CT molecular complexity index is 687. The zero-order valence-electron chi connectivity index (χ0n) is 12.5. The lowest BCUT2D eigenvalue weighted by atomic mass is 10.1. The second-order valence-corrected chi connectivity index (χ2v) is 4.80. The fraction of sp³-hybridized carbons (Fsp3) is 0.176. The Labute approximate surface area is 128 Å². The largest absolute Gasteiger partial charge is 0.465 e. The fourth-order valence-corrected chi connectivity index (χ4v) is 1.74. The molecule has 1 aromatic carbocycles. The topological polar surface area (TPSA) is 68.5 Å². The number of aryl methyl sites for hydroxylation is 2. The lowest BCUT2D eigenvalue weighted by Crippen LogP contribution is -2.20. The van der Waals surface area contributed by atoms with Gasteiger partial charge in [0.25, 0.3) is 5.91 Å². The Hall–Kier alpha value is -2.82. The van der Waals surface area contributed by atoms with E-state index in [-0.39, 0.29) is 12.5 Å². The van der Waals surface area contributed by atoms with Crippen LogP contribution in [0.5, 0.6) is 0 Å². The van der Waals surface area contributed by atoms with Crippen LogP contribution < -0.4 is 5.32 Å². The number of furan rings is 1. The molecule has 0 bridgehead atoms. The molecule has 0 aliphatic carbocycles. The minimum absolute atomic E-state index is 0.339. The summed E-state index contributed by atoms with van der Waals surface area (Å²) in [4.78, 5) is 23.2. The van der Waals surface area contributed by atoms with Crippen molar-refractivity contribution < 1.29 is 18.7 Å². The number of ether oxygens (including phenoxy) is 1. The monoisotopic (exact) mass is 299 g/mol. The molecule has 0 unspecified atom stereocenters. The van der Waals surface area contributed by atoms with Gasteiger partial charge in [-0.05, 0) is 55.3 Å². The molecule has 0 aliphatic heterocycles. The number of benzene rings is 1. The van der Waals surface area contributed by atoms with E-state index in [1.54, 1.807) is 18.2 Å². The summed E-state index contributed by atoms with van der Waals surface area (Å²) >= 11 is 0. The van der Waals surface area contributed by atoms with E-state index in [2.05, 4.69) is 5.32 Å². The number of nitrogens with one attached hydrogen (secondary N) is 1. The van der Waals surface area contributed by atoms with E-state index in [0.717, 1.165) is 11.1 Å². The lowest BCUT2D eigenvalue weighted by Gasteiger charge is -2.07. The van der Waals surface area contributed by atoms with Gasteiger partial charge in [0.05, 0.1) is 6.26 Å². The normalized spacial score (nSPS) is 10.6. The summed E-state index contributed by atoms with van der Waals surface area (Å²) < 4.78 is 9.88. The highest BCUT2D eigenvalue weighted by Crippen LogP contribution is 2.13. The second-order valence-electron chi connectivity index (χ2n) is 4.80. The van der Waals surface area contributed by atoms with Gasteiger partial charge < -0.3 is 14.5 Å². The molecule has 0 fully saturated rings. The van der Waals surface area contributed by atoms with Crippen molar-refractivity contribution in [2.24, 2.45) is 0 Å². The van der Waals surface area contributed by atoms with E-state index >= 15 is 0 Å². The predicted molar refractivity (Wildman–Crippen MR) is 83.2 cm³/mol. The van der Waals surface area contributed by atoms with Crippen molar-refractivity contribution in [3.8, 4) is 0 Å². The van der Waals surface area contributed by atoms with Gasteiger partial charge >= 0.3 is 5.97 Å². The van der Waals surface area contributed by atoms with Crippen LogP contribution in [0.2, 0.25) is 0 Å². The molecule has 0 saturated carbocycles. The highest BCUT2D eigenvalue weighted by atomic mass is 16.5. The number of anilines is 1. The maximum absolute atomic E-state index is 11.7. The summed E-state index contributed by atoms with van der Waals surface area (Å²) in [7, 11) is 0. The van der Waals surface area contributed by atoms with Gasteiger partial charge in [0, 0.05) is 11.8 Å². The Balaban J connectivity index is 1.79. The fourth-order valence-electron chi connectivity index (χ4n) is 1.74. The molecule has 2 rings (SSSR count). The Morgan fingerprint density at radius 3 is 2.73 bits per heavy atom. The van der Waals surface area contributed by atoms with E-state index in [1.165, 1.54) is 18.4 Å². The maximum Gasteiger partial charge on any atom is 0.331 e. The molecule has 1 heterocycles. The zero-order chi connectivity index (χ0) is 15.9. The first-order chi connectivity index (χ1) is 10.5. The van der Waals surface area contributed by atoms with Gasteiger partial charge in [-0.15, -0.1) is 0 Å². The van der Waals surface area contributed by atoms with E-state index < -0.39 is 5.97 Å². The number of hydrogen-bond donors (Lipinski definition) is 1. The molecule has 0 spiro atoms. The number of rotatable bonds is 5. The smallest absolute Gasteiger partial charge is 0.331 e. The third-order valence-corrected chi connectivity index (χ3v) is 3.06. The zero-order valence-corrected chi connectivity index (χ0v) is 12.5. The van der Waals surface area contributed by atoms with Crippen molar-refractivity contribution in [1.29, 1.82) is 0 Å². The van der Waals surface area contributed by atoms with E-state index in [0.29, 0.717) is 11.4 Å². The lowest BCUT2D eigenvalue weighted by molar-refractivity contribution is -0.142. The average molecular weight is 299 g/mol. The molecule has 1 amide bonds. The first kappa shape index (κ1) is 15.6. The Kier molecular flexibility index (Phi) is 5.14. The van der Waals surface area contributed by atoms with E-state index in [1.807, 2.05) is 26.0 Å². The molecule has 0 atom stereocenters. The molecule has 114 valence electrons. The van der Waals surface area contributed by atoms with Gasteiger partial charge in [-0.1, -0.05) is 6.07 Å². The second kappa shape index (κ2) is 7.26. The standard InChI is InChI=1S/C17H17NO4/c1-12-5-6-14(10-13(12)2)18-16(19)11-22-17(20)8-7-15-4-3-9-21-15/h3-10H,11H2,1-2H3,(H,18,19)/b8-7+. The molecule has 2 aromatic rings. The van der Waals surface area contributed by atoms with Crippen LogP contribution in [0.25, 0.3) is 6.08 Å². The van der Waals surface area contributed by atoms with Crippen molar-refractivity contribution in [3.05, 3.63) is 59.6 Å². The summed E-state index contributed by atoms with van der Waals surface area (Å²) in [6.07, 6.45) is 4.19. The summed E-state index contributed by atoms with van der Waals surface area (Å²) in [5, 5.41) is 2.68. The number of carbonyl (C=O) groups is 2. The van der Waals surface area contributed by atoms with Crippen LogP contribution in [0.15, 0.2) is 47.1 Å². The third-order valence-electron chi connectivity index (χ3n) is 3.06. The van der Waals surface area contributed by atoms with Gasteiger partial charge in [0.2, 0.25) is 0 Å². The SMILES string of the molecule is Cc1ccc(NC(=O)COC(=O)/C=C/c2ccco2)cc1C. The number of carbonyl (C=O) groups excluding carboxylic acids is 2. The number of esters is 1. The molecule has 22 heavy (non-hydrogen) atoms. The summed E-state index contributed by atoms with van der Waals surface area (Å²) in [5.74, 6) is -0.453. The maximum atomic E-state index is 11.7. The van der Waals surface area contributed by atoms with Gasteiger partial charge in [-0.2, -0.15) is 0 Å². The molecule has 0 radical (unpaired) electrons. The summed E-state index contributed by atoms with van der Waals surface area (Å²) in [5.41, 5.74) is 2.90. The molecule has 5 heteroatoms. The molecule has 5 nitrogen and oxygen atoms in total. The summed E-state index contributed by atoms with van der Waals surface area (Å²) in [6, 6.07) is 9.01.